The van der Waals surface area contributed by atoms with Crippen LogP contribution in [0.15, 0.2) is 0 Å². The van der Waals surface area contributed by atoms with E-state index in [9.17, 15) is 0 Å². The van der Waals surface area contributed by atoms with Crippen molar-refractivity contribution in [1.29, 1.82) is 0 Å². The van der Waals surface area contributed by atoms with Crippen molar-refractivity contribution in [1.82, 2.24) is 5.10 Å². The molecule has 0 spiro atoms. The molecule has 0 aromatic carbocycles. The van der Waals surface area contributed by atoms with Gasteiger partial charge in [0.25, 0.3) is 5.01 Å². The van der Waals surface area contributed by atoms with Gasteiger partial charge >= 0.3 is 0 Å². The first-order valence-electron chi connectivity index (χ1n) is 2.82. The normalized spacial score (nSPS) is 10.0. The average Bonchev–Trinajstić information content (AvgIpc) is 2.10. The molecule has 0 aliphatic carbocycles. The van der Waals surface area contributed by atoms with Crippen molar-refractivity contribution < 1.29 is 4.68 Å². The zero-order chi connectivity index (χ0) is 6.85. The topological polar surface area (TPSA) is 19.7 Å². The Morgan fingerprint density at radius 1 is 1.78 bits per heavy atom. The second-order valence-electron chi connectivity index (χ2n) is 1.81. The minimum absolute atomic E-state index is 0.856. The van der Waals surface area contributed by atoms with Crippen molar-refractivity contribution in [2.75, 3.05) is 0 Å². The standard InChI is InChI=1S/C5H8N2S2/c1-3-4-7(2)6-5(8)9-4/h3H2,1-2H3/p+1. The average molecular weight is 161 g/mol. The van der Waals surface area contributed by atoms with E-state index >= 15 is 0 Å². The van der Waals surface area contributed by atoms with Crippen LogP contribution in [0.1, 0.15) is 11.9 Å². The first kappa shape index (κ1) is 6.89. The maximum atomic E-state index is 4.93. The van der Waals surface area contributed by atoms with Crippen LogP contribution in [-0.4, -0.2) is 5.10 Å². The van der Waals surface area contributed by atoms with Gasteiger partial charge < -0.3 is 0 Å². The molecule has 1 N–H and O–H groups in total. The molecule has 1 rings (SSSR count). The van der Waals surface area contributed by atoms with Gasteiger partial charge in [0.1, 0.15) is 0 Å². The van der Waals surface area contributed by atoms with Crippen LogP contribution in [0.5, 0.6) is 0 Å². The predicted molar refractivity (Wildman–Crippen MR) is 40.1 cm³/mol. The summed E-state index contributed by atoms with van der Waals surface area (Å²) >= 11 is 6.57. The number of rotatable bonds is 1. The van der Waals surface area contributed by atoms with Gasteiger partial charge in [0.2, 0.25) is 3.95 Å². The fraction of sp³-hybridized carbons (Fsp3) is 0.600. The monoisotopic (exact) mass is 161 g/mol. The minimum atomic E-state index is 0.856. The molecule has 0 radical (unpaired) electrons. The van der Waals surface area contributed by atoms with E-state index in [1.54, 1.807) is 11.3 Å². The summed E-state index contributed by atoms with van der Waals surface area (Å²) in [6.07, 6.45) is 1.05. The largest absolute Gasteiger partial charge is 0.263 e. The van der Waals surface area contributed by atoms with E-state index in [2.05, 4.69) is 12.0 Å². The maximum absolute atomic E-state index is 4.93. The number of hydrogen-bond acceptors (Lipinski definition) is 2. The molecule has 0 unspecified atom stereocenters. The van der Waals surface area contributed by atoms with Crippen LogP contribution in [0.4, 0.5) is 0 Å². The van der Waals surface area contributed by atoms with E-state index in [1.807, 2.05) is 11.7 Å². The molecule has 0 amide bonds. The Morgan fingerprint density at radius 2 is 2.44 bits per heavy atom. The molecule has 0 fully saturated rings. The molecule has 50 valence electrons. The zero-order valence-corrected chi connectivity index (χ0v) is 7.10. The molecule has 9 heavy (non-hydrogen) atoms. The Labute approximate surface area is 63.1 Å². The summed E-state index contributed by atoms with van der Waals surface area (Å²) in [5.41, 5.74) is 0. The summed E-state index contributed by atoms with van der Waals surface area (Å²) in [5.74, 6) is 0. The van der Waals surface area contributed by atoms with Crippen LogP contribution in [0.3, 0.4) is 0 Å². The number of H-pyrrole nitrogens is 1. The van der Waals surface area contributed by atoms with Gasteiger partial charge in [-0.2, -0.15) is 0 Å². The Hall–Kier alpha value is -0.220. The Kier molecular flexibility index (Phi) is 1.97. The molecule has 1 aromatic rings. The van der Waals surface area contributed by atoms with Crippen LogP contribution in [0.25, 0.3) is 0 Å². The molecule has 1 aromatic heterocycles. The Balaban J connectivity index is 3.16. The van der Waals surface area contributed by atoms with Crippen molar-refractivity contribution >= 4 is 23.6 Å². The Bertz CT molecular complexity index is 248. The summed E-state index contributed by atoms with van der Waals surface area (Å²) in [5, 5.41) is 4.30. The molecular weight excluding hydrogens is 152 g/mol. The smallest absolute Gasteiger partial charge is 0.144 e. The van der Waals surface area contributed by atoms with Crippen molar-refractivity contribution in [3.63, 3.8) is 0 Å². The van der Waals surface area contributed by atoms with Gasteiger partial charge in [-0.05, 0) is 23.6 Å². The highest BCUT2D eigenvalue weighted by Crippen LogP contribution is 2.01. The minimum Gasteiger partial charge on any atom is -0.144 e. The van der Waals surface area contributed by atoms with Gasteiger partial charge in [0.05, 0.1) is 0 Å². The maximum Gasteiger partial charge on any atom is 0.263 e. The lowest BCUT2D eigenvalue weighted by Gasteiger charge is -1.79. The molecule has 4 heteroatoms. The highest BCUT2D eigenvalue weighted by atomic mass is 32.1. The number of nitrogens with one attached hydrogen (secondary N) is 1. The molecule has 0 aliphatic rings. The van der Waals surface area contributed by atoms with Gasteiger partial charge in [-0.3, -0.25) is 0 Å². The fourth-order valence-corrected chi connectivity index (χ4v) is 1.86. The summed E-state index contributed by atoms with van der Waals surface area (Å²) < 4.78 is 2.82. The SMILES string of the molecule is CCc1sc(=S)[nH][n+]1C. The van der Waals surface area contributed by atoms with Crippen LogP contribution < -0.4 is 4.68 Å². The van der Waals surface area contributed by atoms with Gasteiger partial charge in [-0.25, -0.2) is 0 Å². The van der Waals surface area contributed by atoms with E-state index in [0.29, 0.717) is 0 Å². The van der Waals surface area contributed by atoms with Crippen molar-refractivity contribution in [3.8, 4) is 0 Å². The van der Waals surface area contributed by atoms with E-state index in [4.69, 9.17) is 12.2 Å². The van der Waals surface area contributed by atoms with E-state index in [0.717, 1.165) is 10.4 Å². The quantitative estimate of drug-likeness (QED) is 0.484. The number of aryl methyl sites for hydroxylation is 2. The van der Waals surface area contributed by atoms with Crippen molar-refractivity contribution in [2.45, 2.75) is 13.3 Å². The van der Waals surface area contributed by atoms with Crippen LogP contribution in [0.2, 0.25) is 0 Å². The molecule has 0 aliphatic heterocycles. The lowest BCUT2D eigenvalue weighted by atomic mass is 10.5. The number of nitrogens with zero attached hydrogens (tertiary/aromatic N) is 1. The summed E-state index contributed by atoms with van der Waals surface area (Å²) in [6, 6.07) is 0. The van der Waals surface area contributed by atoms with Gasteiger partial charge in [0.15, 0.2) is 7.05 Å². The lowest BCUT2D eigenvalue weighted by Crippen LogP contribution is -2.33. The second kappa shape index (κ2) is 2.58. The third-order valence-corrected chi connectivity index (χ3v) is 2.56. The van der Waals surface area contributed by atoms with Crippen molar-refractivity contribution in [2.24, 2.45) is 7.05 Å². The summed E-state index contributed by atoms with van der Waals surface area (Å²) in [6.45, 7) is 2.12. The summed E-state index contributed by atoms with van der Waals surface area (Å²) in [4.78, 5) is 0. The lowest BCUT2D eigenvalue weighted by molar-refractivity contribution is -0.732. The molecular formula is C5H9N2S2+. The van der Waals surface area contributed by atoms with Crippen LogP contribution in [-0.2, 0) is 13.5 Å². The van der Waals surface area contributed by atoms with E-state index in [1.165, 1.54) is 5.01 Å². The molecule has 0 atom stereocenters. The second-order valence-corrected chi connectivity index (χ2v) is 3.56. The zero-order valence-electron chi connectivity index (χ0n) is 5.47. The molecule has 0 saturated carbocycles. The first-order valence-corrected chi connectivity index (χ1v) is 4.04. The first-order chi connectivity index (χ1) is 4.24. The van der Waals surface area contributed by atoms with E-state index in [-0.39, 0.29) is 0 Å². The fourth-order valence-electron chi connectivity index (χ4n) is 0.707. The molecule has 0 bridgehead atoms. The van der Waals surface area contributed by atoms with Crippen LogP contribution >= 0.6 is 23.6 Å². The number of aromatic nitrogens is 2. The third-order valence-electron chi connectivity index (χ3n) is 1.15. The van der Waals surface area contributed by atoms with Crippen molar-refractivity contribution in [3.05, 3.63) is 8.96 Å². The highest BCUT2D eigenvalue weighted by Gasteiger charge is 2.05. The van der Waals surface area contributed by atoms with Gasteiger partial charge in [0, 0.05) is 6.42 Å². The summed E-state index contributed by atoms with van der Waals surface area (Å²) in [7, 11) is 1.98. The highest BCUT2D eigenvalue weighted by molar-refractivity contribution is 7.73. The predicted octanol–water partition coefficient (Wildman–Crippen LogP) is 1.19. The Morgan fingerprint density at radius 3 is 2.67 bits per heavy atom. The number of aromatic amines is 1. The number of hydrogen-bond donors (Lipinski definition) is 1. The molecule has 1 heterocycles. The van der Waals surface area contributed by atoms with Gasteiger partial charge in [-0.15, -0.1) is 9.78 Å². The third kappa shape index (κ3) is 1.37. The van der Waals surface area contributed by atoms with Gasteiger partial charge in [-0.1, -0.05) is 6.92 Å². The molecule has 0 saturated heterocycles. The van der Waals surface area contributed by atoms with Crippen LogP contribution in [0, 0.1) is 3.95 Å². The van der Waals surface area contributed by atoms with E-state index < -0.39 is 0 Å². The molecule has 2 nitrogen and oxygen atoms in total.